The van der Waals surface area contributed by atoms with Gasteiger partial charge in [-0.15, -0.1) is 0 Å². The molecule has 1 rings (SSSR count). The van der Waals surface area contributed by atoms with Crippen LogP contribution >= 0.6 is 15.9 Å². The van der Waals surface area contributed by atoms with Gasteiger partial charge < -0.3 is 10.1 Å². The lowest BCUT2D eigenvalue weighted by atomic mass is 10.1. The van der Waals surface area contributed by atoms with Crippen molar-refractivity contribution in [1.29, 1.82) is 0 Å². The standard InChI is InChI=1S/C14H20BrNO2/c1-10(11-6-5-7-12(15)8-11)16-9-13(17)18-14(2,3)4/h5-8,10,16H,9H2,1-4H3. The summed E-state index contributed by atoms with van der Waals surface area (Å²) in [5.74, 6) is -0.232. The van der Waals surface area contributed by atoms with Crippen molar-refractivity contribution in [3.05, 3.63) is 34.3 Å². The molecule has 0 spiro atoms. The number of benzene rings is 1. The third-order valence-electron chi connectivity index (χ3n) is 2.32. The van der Waals surface area contributed by atoms with Crippen molar-refractivity contribution in [2.45, 2.75) is 39.3 Å². The molecule has 1 aromatic carbocycles. The normalized spacial score (nSPS) is 13.2. The zero-order valence-corrected chi connectivity index (χ0v) is 12.9. The molecular formula is C14H20BrNO2. The number of hydrogen-bond donors (Lipinski definition) is 1. The van der Waals surface area contributed by atoms with Gasteiger partial charge in [-0.05, 0) is 45.4 Å². The summed E-state index contributed by atoms with van der Waals surface area (Å²) in [6.45, 7) is 7.82. The molecule has 0 saturated carbocycles. The maximum absolute atomic E-state index is 11.6. The minimum absolute atomic E-state index is 0.106. The van der Waals surface area contributed by atoms with E-state index in [-0.39, 0.29) is 18.6 Å². The Morgan fingerprint density at radius 3 is 2.67 bits per heavy atom. The first-order valence-electron chi connectivity index (χ1n) is 5.98. The van der Waals surface area contributed by atoms with Crippen LogP contribution in [0.25, 0.3) is 0 Å². The lowest BCUT2D eigenvalue weighted by Gasteiger charge is -2.21. The van der Waals surface area contributed by atoms with E-state index in [9.17, 15) is 4.79 Å². The highest BCUT2D eigenvalue weighted by molar-refractivity contribution is 9.10. The molecule has 0 aliphatic heterocycles. The third-order valence-corrected chi connectivity index (χ3v) is 2.81. The van der Waals surface area contributed by atoms with Gasteiger partial charge in [0.25, 0.3) is 0 Å². The second kappa shape index (κ2) is 6.34. The topological polar surface area (TPSA) is 38.3 Å². The Balaban J connectivity index is 2.46. The second-order valence-electron chi connectivity index (χ2n) is 5.24. The van der Waals surface area contributed by atoms with Crippen molar-refractivity contribution in [2.75, 3.05) is 6.54 Å². The highest BCUT2D eigenvalue weighted by Gasteiger charge is 2.16. The molecule has 0 aliphatic rings. The molecule has 100 valence electrons. The highest BCUT2D eigenvalue weighted by atomic mass is 79.9. The molecule has 0 radical (unpaired) electrons. The van der Waals surface area contributed by atoms with Crippen molar-refractivity contribution in [1.82, 2.24) is 5.32 Å². The minimum atomic E-state index is -0.433. The van der Waals surface area contributed by atoms with E-state index >= 15 is 0 Å². The Bertz CT molecular complexity index is 413. The molecule has 0 saturated heterocycles. The molecule has 0 bridgehead atoms. The van der Waals surface area contributed by atoms with Gasteiger partial charge in [0.15, 0.2) is 0 Å². The summed E-state index contributed by atoms with van der Waals surface area (Å²) in [5.41, 5.74) is 0.700. The lowest BCUT2D eigenvalue weighted by molar-refractivity contribution is -0.153. The van der Waals surface area contributed by atoms with Crippen LogP contribution in [0, 0.1) is 0 Å². The largest absolute Gasteiger partial charge is 0.459 e. The molecule has 1 atom stereocenters. The van der Waals surface area contributed by atoms with Crippen molar-refractivity contribution in [2.24, 2.45) is 0 Å². The predicted octanol–water partition coefficient (Wildman–Crippen LogP) is 3.44. The number of carbonyl (C=O) groups is 1. The monoisotopic (exact) mass is 313 g/mol. The molecule has 18 heavy (non-hydrogen) atoms. The van der Waals surface area contributed by atoms with Crippen molar-refractivity contribution in [3.63, 3.8) is 0 Å². The average molecular weight is 314 g/mol. The fourth-order valence-electron chi connectivity index (χ4n) is 1.51. The van der Waals surface area contributed by atoms with Crippen LogP contribution in [0.15, 0.2) is 28.7 Å². The summed E-state index contributed by atoms with van der Waals surface area (Å²) in [4.78, 5) is 11.6. The zero-order valence-electron chi connectivity index (χ0n) is 11.3. The summed E-state index contributed by atoms with van der Waals surface area (Å²) in [6, 6.07) is 8.12. The van der Waals surface area contributed by atoms with Crippen molar-refractivity contribution in [3.8, 4) is 0 Å². The van der Waals surface area contributed by atoms with Gasteiger partial charge in [-0.3, -0.25) is 4.79 Å². The molecule has 1 aromatic rings. The number of nitrogens with one attached hydrogen (secondary N) is 1. The van der Waals surface area contributed by atoms with Gasteiger partial charge >= 0.3 is 5.97 Å². The first-order valence-corrected chi connectivity index (χ1v) is 6.78. The van der Waals surface area contributed by atoms with Gasteiger partial charge in [0.1, 0.15) is 5.60 Å². The summed E-state index contributed by atoms with van der Waals surface area (Å²) in [5, 5.41) is 3.15. The number of ether oxygens (including phenoxy) is 1. The average Bonchev–Trinajstić information content (AvgIpc) is 2.23. The SMILES string of the molecule is CC(NCC(=O)OC(C)(C)C)c1cccc(Br)c1. The van der Waals surface area contributed by atoms with Gasteiger partial charge in [0.2, 0.25) is 0 Å². The van der Waals surface area contributed by atoms with Gasteiger partial charge in [-0.1, -0.05) is 28.1 Å². The molecular weight excluding hydrogens is 294 g/mol. The zero-order chi connectivity index (χ0) is 13.8. The smallest absolute Gasteiger partial charge is 0.320 e. The van der Waals surface area contributed by atoms with Gasteiger partial charge in [0, 0.05) is 10.5 Å². The number of rotatable bonds is 4. The summed E-state index contributed by atoms with van der Waals surface area (Å²) in [6.07, 6.45) is 0. The van der Waals surface area contributed by atoms with Crippen LogP contribution in [-0.4, -0.2) is 18.1 Å². The molecule has 0 amide bonds. The van der Waals surface area contributed by atoms with Crippen LogP contribution in [0.2, 0.25) is 0 Å². The summed E-state index contributed by atoms with van der Waals surface area (Å²) >= 11 is 3.43. The number of carbonyl (C=O) groups excluding carboxylic acids is 1. The maximum Gasteiger partial charge on any atom is 0.320 e. The van der Waals surface area contributed by atoms with E-state index in [4.69, 9.17) is 4.74 Å². The molecule has 3 nitrogen and oxygen atoms in total. The Morgan fingerprint density at radius 1 is 1.44 bits per heavy atom. The molecule has 1 N–H and O–H groups in total. The van der Waals surface area contributed by atoms with Gasteiger partial charge in [0.05, 0.1) is 6.54 Å². The van der Waals surface area contributed by atoms with Crippen molar-refractivity contribution < 1.29 is 9.53 Å². The van der Waals surface area contributed by atoms with E-state index in [1.54, 1.807) is 0 Å². The fourth-order valence-corrected chi connectivity index (χ4v) is 1.92. The van der Waals surface area contributed by atoms with Crippen LogP contribution in [0.3, 0.4) is 0 Å². The Hall–Kier alpha value is -0.870. The lowest BCUT2D eigenvalue weighted by Crippen LogP contribution is -2.32. The molecule has 4 heteroatoms. The van der Waals surface area contributed by atoms with E-state index < -0.39 is 5.60 Å². The molecule has 0 aromatic heterocycles. The molecule has 0 fully saturated rings. The van der Waals surface area contributed by atoms with Crippen LogP contribution in [0.5, 0.6) is 0 Å². The molecule has 1 unspecified atom stereocenters. The van der Waals surface area contributed by atoms with E-state index in [1.807, 2.05) is 52.0 Å². The van der Waals surface area contributed by atoms with Crippen molar-refractivity contribution >= 4 is 21.9 Å². The number of hydrogen-bond acceptors (Lipinski definition) is 3. The predicted molar refractivity (Wildman–Crippen MR) is 76.4 cm³/mol. The Morgan fingerprint density at radius 2 is 2.11 bits per heavy atom. The van der Waals surface area contributed by atoms with E-state index in [0.29, 0.717) is 0 Å². The summed E-state index contributed by atoms with van der Waals surface area (Å²) < 4.78 is 6.27. The Kier molecular flexibility index (Phi) is 5.35. The first kappa shape index (κ1) is 15.2. The highest BCUT2D eigenvalue weighted by Crippen LogP contribution is 2.17. The van der Waals surface area contributed by atoms with Crippen LogP contribution in [0.4, 0.5) is 0 Å². The quantitative estimate of drug-likeness (QED) is 0.865. The van der Waals surface area contributed by atoms with Crippen LogP contribution in [0.1, 0.15) is 39.3 Å². The maximum atomic E-state index is 11.6. The Labute approximate surface area is 117 Å². The molecule has 0 heterocycles. The van der Waals surface area contributed by atoms with E-state index in [1.165, 1.54) is 0 Å². The van der Waals surface area contributed by atoms with Gasteiger partial charge in [-0.25, -0.2) is 0 Å². The third kappa shape index (κ3) is 5.65. The second-order valence-corrected chi connectivity index (χ2v) is 6.16. The van der Waals surface area contributed by atoms with Crippen LogP contribution in [-0.2, 0) is 9.53 Å². The van der Waals surface area contributed by atoms with E-state index in [0.717, 1.165) is 10.0 Å². The summed E-state index contributed by atoms with van der Waals surface area (Å²) in [7, 11) is 0. The van der Waals surface area contributed by atoms with Crippen LogP contribution < -0.4 is 5.32 Å². The number of halogens is 1. The molecule has 0 aliphatic carbocycles. The fraction of sp³-hybridized carbons (Fsp3) is 0.500. The van der Waals surface area contributed by atoms with E-state index in [2.05, 4.69) is 21.2 Å². The first-order chi connectivity index (χ1) is 8.28. The van der Waals surface area contributed by atoms with Gasteiger partial charge in [-0.2, -0.15) is 0 Å². The minimum Gasteiger partial charge on any atom is -0.459 e. The number of esters is 1.